The summed E-state index contributed by atoms with van der Waals surface area (Å²) in [5, 5.41) is 2.06. The molecule has 1 rings (SSSR count). The van der Waals surface area contributed by atoms with E-state index in [-0.39, 0.29) is 0 Å². The van der Waals surface area contributed by atoms with E-state index < -0.39 is 9.84 Å². The Balaban J connectivity index is 2.98. The predicted octanol–water partition coefficient (Wildman–Crippen LogP) is 0.593. The molecule has 0 atom stereocenters. The molecular weight excluding hydrogens is 256 g/mol. The summed E-state index contributed by atoms with van der Waals surface area (Å²) in [7, 11) is -3.27. The van der Waals surface area contributed by atoms with Gasteiger partial charge in [-0.1, -0.05) is 0 Å². The quantitative estimate of drug-likeness (QED) is 0.641. The third-order valence-electron chi connectivity index (χ3n) is 0.985. The van der Waals surface area contributed by atoms with E-state index in [1.807, 2.05) is 0 Å². The third-order valence-corrected chi connectivity index (χ3v) is 1.87. The van der Waals surface area contributed by atoms with Gasteiger partial charge in [0.15, 0.2) is 0 Å². The number of halogens is 1. The minimum Gasteiger partial charge on any atom is -0.245 e. The Morgan fingerprint density at radius 2 is 2.08 bits per heavy atom. The molecule has 0 aliphatic rings. The molecule has 4 nitrogen and oxygen atoms in total. The fourth-order valence-electron chi connectivity index (χ4n) is 0.522. The second-order valence-electron chi connectivity index (χ2n) is 2.22. The zero-order chi connectivity index (χ0) is 9.90. The molecule has 1 heterocycles. The van der Waals surface area contributed by atoms with Gasteiger partial charge in [0, 0.05) is 5.25 Å². The Kier molecular flexibility index (Phi) is 3.01. The lowest BCUT2D eigenvalue weighted by atomic mass is 10.5. The molecule has 0 spiro atoms. The fourth-order valence-corrected chi connectivity index (χ4v) is 1.02. The van der Waals surface area contributed by atoms with Crippen LogP contribution in [-0.2, 0) is 9.84 Å². The first-order valence-corrected chi connectivity index (χ1v) is 5.86. The van der Waals surface area contributed by atoms with Crippen molar-refractivity contribution < 1.29 is 8.42 Å². The molecule has 0 aliphatic heterocycles. The standard InChI is InChI=1S/C7H5BrN2O2S/c1-13(11,12)3-2-6-4-10-7(8)5-9-6/h4-5H,1H3. The molecule has 68 valence electrons. The molecule has 1 aromatic heterocycles. The van der Waals surface area contributed by atoms with Crippen LogP contribution in [0.3, 0.4) is 0 Å². The highest BCUT2D eigenvalue weighted by atomic mass is 79.9. The van der Waals surface area contributed by atoms with Crippen LogP contribution >= 0.6 is 15.9 Å². The van der Waals surface area contributed by atoms with Crippen LogP contribution in [0.15, 0.2) is 17.0 Å². The molecule has 0 saturated heterocycles. The maximum Gasteiger partial charge on any atom is 0.214 e. The molecule has 13 heavy (non-hydrogen) atoms. The number of nitrogens with zero attached hydrogens (tertiary/aromatic N) is 2. The van der Waals surface area contributed by atoms with Gasteiger partial charge in [-0.2, -0.15) is 0 Å². The summed E-state index contributed by atoms with van der Waals surface area (Å²) in [5.41, 5.74) is 0.327. The van der Waals surface area contributed by atoms with Gasteiger partial charge in [0.2, 0.25) is 9.84 Å². The van der Waals surface area contributed by atoms with Gasteiger partial charge in [0.1, 0.15) is 10.3 Å². The maximum atomic E-state index is 10.6. The molecule has 0 fully saturated rings. The van der Waals surface area contributed by atoms with Crippen molar-refractivity contribution in [3.8, 4) is 11.2 Å². The van der Waals surface area contributed by atoms with E-state index in [2.05, 4.69) is 37.1 Å². The van der Waals surface area contributed by atoms with E-state index >= 15 is 0 Å². The van der Waals surface area contributed by atoms with Crippen LogP contribution < -0.4 is 0 Å². The van der Waals surface area contributed by atoms with Gasteiger partial charge >= 0.3 is 0 Å². The molecule has 0 N–H and O–H groups in total. The van der Waals surface area contributed by atoms with E-state index in [1.165, 1.54) is 12.4 Å². The molecular formula is C7H5BrN2O2S. The smallest absolute Gasteiger partial charge is 0.214 e. The summed E-state index contributed by atoms with van der Waals surface area (Å²) in [6.07, 6.45) is 3.88. The highest BCUT2D eigenvalue weighted by Gasteiger charge is 1.93. The summed E-state index contributed by atoms with van der Waals surface area (Å²) in [6, 6.07) is 0. The van der Waals surface area contributed by atoms with Crippen molar-refractivity contribution in [3.05, 3.63) is 22.7 Å². The van der Waals surface area contributed by atoms with Crippen LogP contribution in [0.5, 0.6) is 0 Å². The molecule has 0 amide bonds. The lowest BCUT2D eigenvalue weighted by Gasteiger charge is -1.88. The van der Waals surface area contributed by atoms with Gasteiger partial charge in [-0.3, -0.25) is 0 Å². The van der Waals surface area contributed by atoms with Gasteiger partial charge in [-0.25, -0.2) is 18.4 Å². The van der Waals surface area contributed by atoms with E-state index in [0.717, 1.165) is 6.26 Å². The first kappa shape index (κ1) is 10.2. The summed E-state index contributed by atoms with van der Waals surface area (Å²) >= 11 is 3.10. The normalized spacial score (nSPS) is 10.3. The van der Waals surface area contributed by atoms with Crippen molar-refractivity contribution in [1.29, 1.82) is 0 Å². The minimum absolute atomic E-state index is 0.327. The first-order valence-electron chi connectivity index (χ1n) is 3.18. The third kappa shape index (κ3) is 4.01. The van der Waals surface area contributed by atoms with Gasteiger partial charge in [-0.05, 0) is 21.9 Å². The Morgan fingerprint density at radius 1 is 1.38 bits per heavy atom. The van der Waals surface area contributed by atoms with Crippen molar-refractivity contribution in [2.24, 2.45) is 0 Å². The molecule has 0 aromatic carbocycles. The molecule has 0 saturated carbocycles. The first-order chi connectivity index (χ1) is 5.97. The summed E-state index contributed by atoms with van der Waals surface area (Å²) in [4.78, 5) is 7.67. The minimum atomic E-state index is -3.27. The van der Waals surface area contributed by atoms with Gasteiger partial charge < -0.3 is 0 Å². The molecule has 0 bridgehead atoms. The van der Waals surface area contributed by atoms with E-state index in [1.54, 1.807) is 0 Å². The van der Waals surface area contributed by atoms with E-state index in [4.69, 9.17) is 0 Å². The number of hydrogen-bond acceptors (Lipinski definition) is 4. The molecule has 0 radical (unpaired) electrons. The topological polar surface area (TPSA) is 59.9 Å². The van der Waals surface area contributed by atoms with Crippen LogP contribution in [0.1, 0.15) is 5.69 Å². The Bertz CT molecular complexity index is 456. The average molecular weight is 261 g/mol. The summed E-state index contributed by atoms with van der Waals surface area (Å²) in [6.45, 7) is 0. The predicted molar refractivity (Wildman–Crippen MR) is 51.5 cm³/mol. The number of aromatic nitrogens is 2. The van der Waals surface area contributed by atoms with Crippen LogP contribution in [-0.4, -0.2) is 24.6 Å². The average Bonchev–Trinajstić information content (AvgIpc) is 2.02. The number of hydrogen-bond donors (Lipinski definition) is 0. The molecule has 6 heteroatoms. The van der Waals surface area contributed by atoms with Gasteiger partial charge in [-0.15, -0.1) is 0 Å². The lowest BCUT2D eigenvalue weighted by Crippen LogP contribution is -1.90. The lowest BCUT2D eigenvalue weighted by molar-refractivity contribution is 0.611. The maximum absolute atomic E-state index is 10.6. The fraction of sp³-hybridized carbons (Fsp3) is 0.143. The van der Waals surface area contributed by atoms with E-state index in [0.29, 0.717) is 10.3 Å². The second-order valence-corrected chi connectivity index (χ2v) is 4.78. The van der Waals surface area contributed by atoms with Crippen LogP contribution in [0, 0.1) is 11.2 Å². The highest BCUT2D eigenvalue weighted by molar-refractivity contribution is 9.10. The Hall–Kier alpha value is -0.930. The van der Waals surface area contributed by atoms with Crippen LogP contribution in [0.2, 0.25) is 0 Å². The highest BCUT2D eigenvalue weighted by Crippen LogP contribution is 2.01. The zero-order valence-electron chi connectivity index (χ0n) is 6.65. The molecule has 1 aromatic rings. The second kappa shape index (κ2) is 3.85. The molecule has 0 aliphatic carbocycles. The zero-order valence-corrected chi connectivity index (χ0v) is 9.05. The number of rotatable bonds is 0. The van der Waals surface area contributed by atoms with Crippen molar-refractivity contribution in [2.75, 3.05) is 6.26 Å². The molecule has 0 unspecified atom stereocenters. The number of sulfone groups is 1. The summed E-state index contributed by atoms with van der Waals surface area (Å²) < 4.78 is 21.9. The van der Waals surface area contributed by atoms with Gasteiger partial charge in [0.25, 0.3) is 0 Å². The van der Waals surface area contributed by atoms with Crippen molar-refractivity contribution in [1.82, 2.24) is 9.97 Å². The van der Waals surface area contributed by atoms with Gasteiger partial charge in [0.05, 0.1) is 18.6 Å². The van der Waals surface area contributed by atoms with E-state index in [9.17, 15) is 8.42 Å². The van der Waals surface area contributed by atoms with Crippen molar-refractivity contribution in [2.45, 2.75) is 0 Å². The van der Waals surface area contributed by atoms with Crippen LogP contribution in [0.4, 0.5) is 0 Å². The Labute approximate surface area is 84.5 Å². The largest absolute Gasteiger partial charge is 0.245 e. The summed E-state index contributed by atoms with van der Waals surface area (Å²) in [5.74, 6) is 2.38. The van der Waals surface area contributed by atoms with Crippen molar-refractivity contribution in [3.63, 3.8) is 0 Å². The monoisotopic (exact) mass is 260 g/mol. The van der Waals surface area contributed by atoms with Crippen molar-refractivity contribution >= 4 is 25.8 Å². The SMILES string of the molecule is CS(=O)(=O)C#Cc1cnc(Br)cn1. The Morgan fingerprint density at radius 3 is 2.54 bits per heavy atom. The van der Waals surface area contributed by atoms with Crippen LogP contribution in [0.25, 0.3) is 0 Å².